The molecule has 0 fully saturated rings. The van der Waals surface area contributed by atoms with Gasteiger partial charge in [0.05, 0.1) is 4.92 Å². The minimum atomic E-state index is -0.325. The standard InChI is InChI=1S/C21H18N2O3/c1-21(2)14-7-5-8-16(23(24)25)19(14)22-15-11-10-13-12-6-3-4-9-17(12)26-20(13)18(15)21/h3-11,18,20,22H,1-2H3. The van der Waals surface area contributed by atoms with Crippen LogP contribution in [0.3, 0.4) is 0 Å². The molecule has 2 aliphatic heterocycles. The SMILES string of the molecule is CC1(C)c2cccc([N+](=O)[O-])c2NC2=CC=C3c4ccccc4OC3C21. The van der Waals surface area contributed by atoms with Crippen molar-refractivity contribution in [2.75, 3.05) is 5.32 Å². The molecule has 0 amide bonds. The maximum Gasteiger partial charge on any atom is 0.292 e. The van der Waals surface area contributed by atoms with Crippen LogP contribution in [0, 0.1) is 16.0 Å². The molecule has 1 aliphatic carbocycles. The molecule has 5 heteroatoms. The number of fused-ring (bicyclic) bond motifs is 6. The number of nitro benzene ring substituents is 1. The second kappa shape index (κ2) is 4.97. The van der Waals surface area contributed by atoms with Crippen LogP contribution >= 0.6 is 0 Å². The van der Waals surface area contributed by atoms with E-state index in [0.29, 0.717) is 5.69 Å². The molecule has 0 aromatic heterocycles. The lowest BCUT2D eigenvalue weighted by atomic mass is 9.64. The van der Waals surface area contributed by atoms with Gasteiger partial charge in [-0.3, -0.25) is 10.1 Å². The fourth-order valence-electron chi connectivity index (χ4n) is 4.60. The van der Waals surface area contributed by atoms with Crippen molar-refractivity contribution >= 4 is 16.9 Å². The van der Waals surface area contributed by atoms with Gasteiger partial charge in [0.25, 0.3) is 5.69 Å². The lowest BCUT2D eigenvalue weighted by molar-refractivity contribution is -0.384. The van der Waals surface area contributed by atoms with Crippen molar-refractivity contribution < 1.29 is 9.66 Å². The zero-order chi connectivity index (χ0) is 18.1. The first-order chi connectivity index (χ1) is 12.5. The molecular weight excluding hydrogens is 328 g/mol. The smallest absolute Gasteiger partial charge is 0.292 e. The summed E-state index contributed by atoms with van der Waals surface area (Å²) >= 11 is 0. The van der Waals surface area contributed by atoms with Gasteiger partial charge in [-0.25, -0.2) is 0 Å². The normalized spacial score (nSPS) is 23.9. The Balaban J connectivity index is 1.68. The first-order valence-corrected chi connectivity index (χ1v) is 8.71. The Bertz CT molecular complexity index is 1020. The number of rotatable bonds is 1. The van der Waals surface area contributed by atoms with Crippen LogP contribution in [0.4, 0.5) is 11.4 Å². The lowest BCUT2D eigenvalue weighted by Gasteiger charge is -2.45. The zero-order valence-electron chi connectivity index (χ0n) is 14.5. The van der Waals surface area contributed by atoms with Crippen LogP contribution in [0.25, 0.3) is 5.57 Å². The van der Waals surface area contributed by atoms with E-state index in [1.165, 1.54) is 5.57 Å². The minimum absolute atomic E-state index is 0.0596. The molecule has 2 aromatic carbocycles. The van der Waals surface area contributed by atoms with Crippen molar-refractivity contribution in [2.45, 2.75) is 25.4 Å². The van der Waals surface area contributed by atoms with Gasteiger partial charge in [-0.05, 0) is 17.7 Å². The lowest BCUT2D eigenvalue weighted by Crippen LogP contribution is -2.46. The van der Waals surface area contributed by atoms with E-state index in [-0.39, 0.29) is 28.0 Å². The molecule has 5 nitrogen and oxygen atoms in total. The summed E-state index contributed by atoms with van der Waals surface area (Å²) in [5, 5.41) is 14.8. The van der Waals surface area contributed by atoms with E-state index < -0.39 is 0 Å². The summed E-state index contributed by atoms with van der Waals surface area (Å²) in [5.41, 5.74) is 4.63. The van der Waals surface area contributed by atoms with Crippen LogP contribution in [0.15, 0.2) is 60.3 Å². The number of benzene rings is 2. The van der Waals surface area contributed by atoms with E-state index in [4.69, 9.17) is 4.74 Å². The van der Waals surface area contributed by atoms with Gasteiger partial charge in [0.15, 0.2) is 0 Å². The Kier molecular flexibility index (Phi) is 2.91. The summed E-state index contributed by atoms with van der Waals surface area (Å²) < 4.78 is 6.33. The quantitative estimate of drug-likeness (QED) is 0.603. The highest BCUT2D eigenvalue weighted by molar-refractivity contribution is 5.83. The molecule has 0 spiro atoms. The molecule has 2 aromatic rings. The van der Waals surface area contributed by atoms with E-state index in [0.717, 1.165) is 22.6 Å². The number of ether oxygens (including phenoxy) is 1. The third-order valence-corrected chi connectivity index (χ3v) is 5.82. The maximum atomic E-state index is 11.5. The van der Waals surface area contributed by atoms with Crippen molar-refractivity contribution in [1.29, 1.82) is 0 Å². The summed E-state index contributed by atoms with van der Waals surface area (Å²) in [6.07, 6.45) is 4.02. The van der Waals surface area contributed by atoms with Gasteiger partial charge in [-0.1, -0.05) is 50.3 Å². The molecule has 2 unspecified atom stereocenters. The first kappa shape index (κ1) is 15.2. The number of nitro groups is 1. The van der Waals surface area contributed by atoms with E-state index in [1.807, 2.05) is 30.3 Å². The summed E-state index contributed by atoms with van der Waals surface area (Å²) in [5.74, 6) is 0.962. The molecule has 0 saturated heterocycles. The highest BCUT2D eigenvalue weighted by Gasteiger charge is 2.50. The van der Waals surface area contributed by atoms with E-state index in [9.17, 15) is 10.1 Å². The molecule has 0 saturated carbocycles. The molecule has 2 heterocycles. The largest absolute Gasteiger partial charge is 0.484 e. The number of hydrogen-bond donors (Lipinski definition) is 1. The van der Waals surface area contributed by atoms with Crippen molar-refractivity contribution in [3.8, 4) is 5.75 Å². The van der Waals surface area contributed by atoms with Crippen molar-refractivity contribution in [3.05, 3.63) is 81.6 Å². The Morgan fingerprint density at radius 3 is 2.73 bits per heavy atom. The number of allylic oxidation sites excluding steroid dienone is 2. The molecule has 1 N–H and O–H groups in total. The van der Waals surface area contributed by atoms with E-state index >= 15 is 0 Å². The average molecular weight is 346 g/mol. The molecule has 26 heavy (non-hydrogen) atoms. The first-order valence-electron chi connectivity index (χ1n) is 8.71. The summed E-state index contributed by atoms with van der Waals surface area (Å²) in [4.78, 5) is 11.2. The van der Waals surface area contributed by atoms with Crippen LogP contribution in [-0.4, -0.2) is 11.0 Å². The van der Waals surface area contributed by atoms with Crippen LogP contribution in [0.1, 0.15) is 25.0 Å². The Hall–Kier alpha value is -3.08. The van der Waals surface area contributed by atoms with Gasteiger partial charge >= 0.3 is 0 Å². The van der Waals surface area contributed by atoms with Gasteiger partial charge in [0.1, 0.15) is 17.5 Å². The summed E-state index contributed by atoms with van der Waals surface area (Å²) in [6, 6.07) is 13.4. The topological polar surface area (TPSA) is 64.4 Å². The highest BCUT2D eigenvalue weighted by Crippen LogP contribution is 2.55. The Morgan fingerprint density at radius 2 is 1.92 bits per heavy atom. The number of nitrogens with one attached hydrogen (secondary N) is 1. The number of hydrogen-bond acceptors (Lipinski definition) is 4. The molecule has 5 rings (SSSR count). The molecular formula is C21H18N2O3. The fourth-order valence-corrected chi connectivity index (χ4v) is 4.60. The van der Waals surface area contributed by atoms with Gasteiger partial charge in [-0.2, -0.15) is 0 Å². The number of nitrogens with zero attached hydrogens (tertiary/aromatic N) is 1. The Morgan fingerprint density at radius 1 is 1.12 bits per heavy atom. The van der Waals surface area contributed by atoms with Gasteiger partial charge in [-0.15, -0.1) is 0 Å². The Labute approximate surface area is 151 Å². The predicted molar refractivity (Wildman–Crippen MR) is 100 cm³/mol. The van der Waals surface area contributed by atoms with Crippen molar-refractivity contribution in [2.24, 2.45) is 5.92 Å². The second-order valence-electron chi connectivity index (χ2n) is 7.56. The minimum Gasteiger partial charge on any atom is -0.484 e. The van der Waals surface area contributed by atoms with Gasteiger partial charge in [0, 0.05) is 34.2 Å². The maximum absolute atomic E-state index is 11.5. The van der Waals surface area contributed by atoms with Crippen LogP contribution < -0.4 is 10.1 Å². The average Bonchev–Trinajstić information content (AvgIpc) is 2.99. The highest BCUT2D eigenvalue weighted by atomic mass is 16.6. The molecule has 2 atom stereocenters. The molecule has 0 radical (unpaired) electrons. The number of para-hydroxylation sites is 2. The number of anilines is 1. The van der Waals surface area contributed by atoms with Gasteiger partial charge in [0.2, 0.25) is 0 Å². The van der Waals surface area contributed by atoms with Crippen molar-refractivity contribution in [1.82, 2.24) is 0 Å². The molecule has 3 aliphatic rings. The van der Waals surface area contributed by atoms with Gasteiger partial charge < -0.3 is 10.1 Å². The third-order valence-electron chi connectivity index (χ3n) is 5.82. The summed E-state index contributed by atoms with van der Waals surface area (Å²) in [6.45, 7) is 4.29. The third kappa shape index (κ3) is 1.85. The van der Waals surface area contributed by atoms with E-state index in [2.05, 4.69) is 31.3 Å². The fraction of sp³-hybridized carbons (Fsp3) is 0.238. The molecule has 0 bridgehead atoms. The summed E-state index contributed by atoms with van der Waals surface area (Å²) in [7, 11) is 0. The van der Waals surface area contributed by atoms with Crippen LogP contribution in [-0.2, 0) is 5.41 Å². The monoisotopic (exact) mass is 346 g/mol. The predicted octanol–water partition coefficient (Wildman–Crippen LogP) is 4.66. The van der Waals surface area contributed by atoms with Crippen LogP contribution in [0.5, 0.6) is 5.75 Å². The van der Waals surface area contributed by atoms with E-state index in [1.54, 1.807) is 12.1 Å². The molecule has 130 valence electrons. The van der Waals surface area contributed by atoms with Crippen LogP contribution in [0.2, 0.25) is 0 Å². The zero-order valence-corrected chi connectivity index (χ0v) is 14.5. The second-order valence-corrected chi connectivity index (χ2v) is 7.56. The van der Waals surface area contributed by atoms with Crippen molar-refractivity contribution in [3.63, 3.8) is 0 Å².